The molecule has 2 nitrogen and oxygen atoms in total. The first-order chi connectivity index (χ1) is 31.7. The Morgan fingerprint density at radius 2 is 1.03 bits per heavy atom. The van der Waals surface area contributed by atoms with E-state index >= 15 is 0 Å². The first-order valence-corrected chi connectivity index (χ1v) is 22.4. The van der Waals surface area contributed by atoms with Gasteiger partial charge in [0.2, 0.25) is 0 Å². The second-order valence-electron chi connectivity index (χ2n) is 17.2. The Labute approximate surface area is 372 Å². The van der Waals surface area contributed by atoms with Gasteiger partial charge in [-0.05, 0) is 156 Å². The largest absolute Gasteiger partial charge is 0.310 e. The van der Waals surface area contributed by atoms with Crippen LogP contribution in [0, 0.1) is 0 Å². The van der Waals surface area contributed by atoms with E-state index in [2.05, 4.69) is 240 Å². The molecule has 0 saturated heterocycles. The Morgan fingerprint density at radius 1 is 0.375 bits per heavy atom. The minimum Gasteiger partial charge on any atom is -0.310 e. The van der Waals surface area contributed by atoms with Crippen LogP contribution in [-0.4, -0.2) is 4.57 Å². The molecule has 2 heteroatoms. The van der Waals surface area contributed by atoms with Crippen LogP contribution < -0.4 is 4.90 Å². The molecule has 0 amide bonds. The Morgan fingerprint density at radius 3 is 1.92 bits per heavy atom. The molecule has 0 unspecified atom stereocenters. The lowest BCUT2D eigenvalue weighted by Crippen LogP contribution is -2.10. The number of allylic oxidation sites excluding steroid dienone is 1. The van der Waals surface area contributed by atoms with E-state index < -0.39 is 0 Å². The highest BCUT2D eigenvalue weighted by Gasteiger charge is 2.21. The summed E-state index contributed by atoms with van der Waals surface area (Å²) in [6.45, 7) is 0. The standard InChI is InChI=1S/C62H42N2/c1-2-17-49(18-3-1)64-59-24-11-10-23-58(59)62-60(64)40-45-15-6-9-22-57(45)61(62)48-16-12-19-51(39-48)63(52-34-36-56-47(38-52)28-26-43-14-5-8-21-54(43)56)50-32-29-41(30-33-50)44-31-35-55-46(37-44)27-25-42-13-4-7-20-53(42)55/h1-4,6-13,15-40H,5,14H2. The molecule has 0 bridgehead atoms. The van der Waals surface area contributed by atoms with E-state index in [1.165, 1.54) is 98.3 Å². The third-order valence-electron chi connectivity index (χ3n) is 13.6. The van der Waals surface area contributed by atoms with E-state index in [9.17, 15) is 0 Å². The van der Waals surface area contributed by atoms with Crippen molar-refractivity contribution < 1.29 is 0 Å². The molecule has 64 heavy (non-hydrogen) atoms. The normalized spacial score (nSPS) is 12.5. The molecule has 1 aliphatic rings. The number of hydrogen-bond donors (Lipinski definition) is 0. The maximum atomic E-state index is 2.43. The first kappa shape index (κ1) is 36.5. The van der Waals surface area contributed by atoms with Gasteiger partial charge in [0.25, 0.3) is 0 Å². The Kier molecular flexibility index (Phi) is 8.39. The number of aromatic nitrogens is 1. The molecule has 0 spiro atoms. The zero-order chi connectivity index (χ0) is 42.1. The fourth-order valence-electron chi connectivity index (χ4n) is 10.6. The van der Waals surface area contributed by atoms with Crippen LogP contribution >= 0.6 is 0 Å². The summed E-state index contributed by atoms with van der Waals surface area (Å²) in [5, 5.41) is 12.6. The van der Waals surface area contributed by atoms with Crippen molar-refractivity contribution >= 4 is 88.0 Å². The van der Waals surface area contributed by atoms with E-state index in [0.717, 1.165) is 35.6 Å². The maximum absolute atomic E-state index is 2.43. The quantitative estimate of drug-likeness (QED) is 0.152. The summed E-state index contributed by atoms with van der Waals surface area (Å²) in [5.41, 5.74) is 14.5. The van der Waals surface area contributed by atoms with E-state index in [1.807, 2.05) is 0 Å². The van der Waals surface area contributed by atoms with Crippen molar-refractivity contribution in [1.29, 1.82) is 0 Å². The van der Waals surface area contributed by atoms with Gasteiger partial charge >= 0.3 is 0 Å². The van der Waals surface area contributed by atoms with Crippen molar-refractivity contribution in [3.05, 3.63) is 236 Å². The van der Waals surface area contributed by atoms with Crippen LogP contribution in [0.25, 0.3) is 98.9 Å². The summed E-state index contributed by atoms with van der Waals surface area (Å²) in [6.07, 6.45) is 6.82. The van der Waals surface area contributed by atoms with Gasteiger partial charge in [0.1, 0.15) is 0 Å². The lowest BCUT2D eigenvalue weighted by molar-refractivity contribution is 0.990. The molecule has 12 aromatic rings. The fraction of sp³-hybridized carbons (Fsp3) is 0.0323. The van der Waals surface area contributed by atoms with Crippen molar-refractivity contribution in [2.24, 2.45) is 0 Å². The SMILES string of the molecule is C1=Cc2c(ccc3cc(N(c4ccc(-c5ccc6c(ccc7ccccc76)c5)cc4)c4cccc(-c5c6ccccc6cc6c5c5ccccc5n6-c5ccccc5)c4)ccc23)CC1. The third-order valence-corrected chi connectivity index (χ3v) is 13.6. The van der Waals surface area contributed by atoms with Gasteiger partial charge in [-0.3, -0.25) is 0 Å². The number of nitrogens with zero attached hydrogens (tertiary/aromatic N) is 2. The summed E-state index contributed by atoms with van der Waals surface area (Å²) in [6, 6.07) is 80.9. The lowest BCUT2D eigenvalue weighted by atomic mass is 9.92. The smallest absolute Gasteiger partial charge is 0.0553 e. The predicted molar refractivity (Wildman–Crippen MR) is 274 cm³/mol. The van der Waals surface area contributed by atoms with Gasteiger partial charge in [-0.2, -0.15) is 0 Å². The highest BCUT2D eigenvalue weighted by molar-refractivity contribution is 6.23. The molecule has 0 atom stereocenters. The van der Waals surface area contributed by atoms with Crippen LogP contribution in [-0.2, 0) is 6.42 Å². The van der Waals surface area contributed by atoms with Crippen molar-refractivity contribution in [2.75, 3.05) is 4.90 Å². The summed E-state index contributed by atoms with van der Waals surface area (Å²) in [5.74, 6) is 0. The summed E-state index contributed by atoms with van der Waals surface area (Å²) < 4.78 is 2.43. The molecular formula is C62H42N2. The zero-order valence-electron chi connectivity index (χ0n) is 35.2. The van der Waals surface area contributed by atoms with Crippen molar-refractivity contribution in [1.82, 2.24) is 4.57 Å². The molecular weight excluding hydrogens is 773 g/mol. The van der Waals surface area contributed by atoms with E-state index in [-0.39, 0.29) is 0 Å². The van der Waals surface area contributed by atoms with Gasteiger partial charge in [0.05, 0.1) is 11.0 Å². The van der Waals surface area contributed by atoms with Gasteiger partial charge in [-0.25, -0.2) is 0 Å². The van der Waals surface area contributed by atoms with Crippen molar-refractivity contribution in [2.45, 2.75) is 12.8 Å². The van der Waals surface area contributed by atoms with Crippen LogP contribution in [0.15, 0.2) is 224 Å². The van der Waals surface area contributed by atoms with Crippen LogP contribution in [0.4, 0.5) is 17.1 Å². The Hall–Kier alpha value is -8.20. The molecule has 1 aliphatic carbocycles. The number of aryl methyl sites for hydroxylation is 1. The molecule has 11 aromatic carbocycles. The van der Waals surface area contributed by atoms with Gasteiger partial charge in [0, 0.05) is 33.5 Å². The van der Waals surface area contributed by atoms with Crippen molar-refractivity contribution in [3.8, 4) is 27.9 Å². The van der Waals surface area contributed by atoms with E-state index in [0.29, 0.717) is 0 Å². The van der Waals surface area contributed by atoms with Gasteiger partial charge in [-0.15, -0.1) is 0 Å². The molecule has 1 heterocycles. The number of para-hydroxylation sites is 2. The number of hydrogen-bond acceptors (Lipinski definition) is 1. The highest BCUT2D eigenvalue weighted by atomic mass is 15.1. The van der Waals surface area contributed by atoms with Gasteiger partial charge < -0.3 is 9.47 Å². The molecule has 0 radical (unpaired) electrons. The minimum absolute atomic E-state index is 1.09. The topological polar surface area (TPSA) is 8.17 Å². The summed E-state index contributed by atoms with van der Waals surface area (Å²) in [7, 11) is 0. The average Bonchev–Trinajstić information content (AvgIpc) is 3.69. The zero-order valence-corrected chi connectivity index (χ0v) is 35.2. The van der Waals surface area contributed by atoms with E-state index in [1.54, 1.807) is 0 Å². The molecule has 0 aliphatic heterocycles. The molecule has 1 aromatic heterocycles. The lowest BCUT2D eigenvalue weighted by Gasteiger charge is -2.27. The molecule has 300 valence electrons. The predicted octanol–water partition coefficient (Wildman–Crippen LogP) is 17.2. The molecule has 0 N–H and O–H groups in total. The van der Waals surface area contributed by atoms with Crippen LogP contribution in [0.5, 0.6) is 0 Å². The second-order valence-corrected chi connectivity index (χ2v) is 17.2. The number of rotatable bonds is 6. The molecule has 0 saturated carbocycles. The van der Waals surface area contributed by atoms with Gasteiger partial charge in [0.15, 0.2) is 0 Å². The Bertz CT molecular complexity index is 3830. The van der Waals surface area contributed by atoms with E-state index in [4.69, 9.17) is 0 Å². The monoisotopic (exact) mass is 814 g/mol. The first-order valence-electron chi connectivity index (χ1n) is 22.4. The third kappa shape index (κ3) is 5.87. The van der Waals surface area contributed by atoms with Crippen LogP contribution in [0.3, 0.4) is 0 Å². The minimum atomic E-state index is 1.09. The maximum Gasteiger partial charge on any atom is 0.0553 e. The Balaban J connectivity index is 0.997. The summed E-state index contributed by atoms with van der Waals surface area (Å²) in [4.78, 5) is 2.43. The summed E-state index contributed by atoms with van der Waals surface area (Å²) >= 11 is 0. The second kappa shape index (κ2) is 14.7. The molecule has 0 fully saturated rings. The highest BCUT2D eigenvalue weighted by Crippen LogP contribution is 2.46. The van der Waals surface area contributed by atoms with Gasteiger partial charge in [-0.1, -0.05) is 164 Å². The fourth-order valence-corrected chi connectivity index (χ4v) is 10.6. The van der Waals surface area contributed by atoms with Crippen LogP contribution in [0.2, 0.25) is 0 Å². The number of benzene rings is 11. The average molecular weight is 815 g/mol. The van der Waals surface area contributed by atoms with Crippen LogP contribution in [0.1, 0.15) is 17.5 Å². The molecule has 13 rings (SSSR count). The number of fused-ring (bicyclic) bond motifs is 10. The van der Waals surface area contributed by atoms with Crippen molar-refractivity contribution in [3.63, 3.8) is 0 Å². The number of anilines is 3.